The lowest BCUT2D eigenvalue weighted by Gasteiger charge is -2.28. The molecule has 3 N–H and O–H groups in total. The smallest absolute Gasteiger partial charge is 0.270 e. The molecule has 8 heteroatoms. The van der Waals surface area contributed by atoms with Crippen molar-refractivity contribution in [3.63, 3.8) is 0 Å². The molecule has 0 radical (unpaired) electrons. The van der Waals surface area contributed by atoms with Crippen molar-refractivity contribution in [1.82, 2.24) is 14.9 Å². The first-order valence-corrected chi connectivity index (χ1v) is 7.77. The maximum Gasteiger partial charge on any atom is 0.270 e. The van der Waals surface area contributed by atoms with E-state index < -0.39 is 0 Å². The number of amides is 1. The number of carbonyl (C=O) groups is 1. The first kappa shape index (κ1) is 21.9. The van der Waals surface area contributed by atoms with Crippen LogP contribution >= 0.6 is 36.2 Å². The Labute approximate surface area is 153 Å². The zero-order valence-electron chi connectivity index (χ0n) is 13.8. The topological polar surface area (TPSA) is 75.0 Å². The predicted octanol–water partition coefficient (Wildman–Crippen LogP) is 3.35. The van der Waals surface area contributed by atoms with Gasteiger partial charge in [-0.15, -0.1) is 36.2 Å². The number of nitrogens with one attached hydrogen (secondary N) is 1. The van der Waals surface area contributed by atoms with Crippen molar-refractivity contribution < 1.29 is 4.79 Å². The number of H-pyrrole nitrogens is 1. The van der Waals surface area contributed by atoms with E-state index >= 15 is 0 Å². The molecular formula is C15H24Cl2N4OS. The minimum Gasteiger partial charge on any atom is -0.357 e. The Kier molecular flexibility index (Phi) is 8.28. The van der Waals surface area contributed by atoms with Crippen molar-refractivity contribution in [2.75, 3.05) is 20.1 Å². The van der Waals surface area contributed by atoms with E-state index in [4.69, 9.17) is 5.73 Å². The number of aryl methyl sites for hydroxylation is 1. The van der Waals surface area contributed by atoms with E-state index in [9.17, 15) is 4.79 Å². The lowest BCUT2D eigenvalue weighted by atomic mass is 9.93. The standard InChI is InChI=1S/C15H22N4OS.2ClH/c1-10-18-13(7-21-10)11-5-12(17-6-11)14(20)19(4)9-15(2,3)8-16;;/h5-7,17H,8-9,16H2,1-4H3;2*1H. The van der Waals surface area contributed by atoms with Crippen LogP contribution in [0.1, 0.15) is 29.3 Å². The molecule has 130 valence electrons. The minimum absolute atomic E-state index is 0. The second-order valence-electron chi connectivity index (χ2n) is 6.08. The number of nitrogens with two attached hydrogens (primary N) is 1. The fraction of sp³-hybridized carbons (Fsp3) is 0.467. The summed E-state index contributed by atoms with van der Waals surface area (Å²) in [4.78, 5) is 21.6. The highest BCUT2D eigenvalue weighted by atomic mass is 35.5. The van der Waals surface area contributed by atoms with Gasteiger partial charge in [0.1, 0.15) is 5.69 Å². The van der Waals surface area contributed by atoms with Crippen LogP contribution < -0.4 is 5.73 Å². The number of rotatable bonds is 5. The maximum absolute atomic E-state index is 12.4. The van der Waals surface area contributed by atoms with Gasteiger partial charge in [-0.1, -0.05) is 13.8 Å². The molecule has 0 aliphatic carbocycles. The summed E-state index contributed by atoms with van der Waals surface area (Å²) < 4.78 is 0. The molecule has 0 atom stereocenters. The fourth-order valence-corrected chi connectivity index (χ4v) is 2.77. The molecule has 0 bridgehead atoms. The molecule has 5 nitrogen and oxygen atoms in total. The molecule has 2 aromatic heterocycles. The molecule has 0 aliphatic rings. The lowest BCUT2D eigenvalue weighted by molar-refractivity contribution is 0.0735. The third-order valence-electron chi connectivity index (χ3n) is 3.39. The molecule has 2 heterocycles. The monoisotopic (exact) mass is 378 g/mol. The van der Waals surface area contributed by atoms with E-state index in [2.05, 4.69) is 23.8 Å². The number of halogens is 2. The highest BCUT2D eigenvalue weighted by Crippen LogP contribution is 2.23. The van der Waals surface area contributed by atoms with E-state index in [1.165, 1.54) is 0 Å². The van der Waals surface area contributed by atoms with E-state index in [-0.39, 0.29) is 36.1 Å². The van der Waals surface area contributed by atoms with Crippen LogP contribution in [-0.2, 0) is 0 Å². The van der Waals surface area contributed by atoms with Crippen LogP contribution in [0.4, 0.5) is 0 Å². The van der Waals surface area contributed by atoms with E-state index in [1.807, 2.05) is 24.6 Å². The summed E-state index contributed by atoms with van der Waals surface area (Å²) in [6.45, 7) is 7.23. The number of hydrogen-bond donors (Lipinski definition) is 2. The summed E-state index contributed by atoms with van der Waals surface area (Å²) >= 11 is 1.60. The summed E-state index contributed by atoms with van der Waals surface area (Å²) in [6, 6.07) is 1.85. The Balaban J connectivity index is 0.00000242. The van der Waals surface area contributed by atoms with Crippen molar-refractivity contribution in [2.45, 2.75) is 20.8 Å². The van der Waals surface area contributed by atoms with E-state index in [1.54, 1.807) is 23.3 Å². The van der Waals surface area contributed by atoms with Crippen molar-refractivity contribution in [3.05, 3.63) is 28.3 Å². The molecule has 23 heavy (non-hydrogen) atoms. The van der Waals surface area contributed by atoms with Gasteiger partial charge in [-0.2, -0.15) is 0 Å². The first-order valence-electron chi connectivity index (χ1n) is 6.89. The third-order valence-corrected chi connectivity index (χ3v) is 4.17. The van der Waals surface area contributed by atoms with Gasteiger partial charge < -0.3 is 15.6 Å². The summed E-state index contributed by atoms with van der Waals surface area (Å²) in [5.41, 5.74) is 8.05. The van der Waals surface area contributed by atoms with Gasteiger partial charge in [-0.05, 0) is 24.9 Å². The second-order valence-corrected chi connectivity index (χ2v) is 7.15. The number of aromatic amines is 1. The molecular weight excluding hydrogens is 355 g/mol. The molecule has 0 saturated carbocycles. The Bertz CT molecular complexity index is 639. The second kappa shape index (κ2) is 8.68. The highest BCUT2D eigenvalue weighted by Gasteiger charge is 2.22. The fourth-order valence-electron chi connectivity index (χ4n) is 2.15. The third kappa shape index (κ3) is 5.49. The molecule has 0 spiro atoms. The zero-order chi connectivity index (χ0) is 15.6. The van der Waals surface area contributed by atoms with Gasteiger partial charge in [0.2, 0.25) is 0 Å². The Morgan fingerprint density at radius 2 is 2.09 bits per heavy atom. The van der Waals surface area contributed by atoms with Gasteiger partial charge in [0.25, 0.3) is 5.91 Å². The predicted molar refractivity (Wildman–Crippen MR) is 101 cm³/mol. The number of thiazole rings is 1. The average molecular weight is 379 g/mol. The SMILES string of the molecule is Cc1nc(-c2c[nH]c(C(=O)N(C)CC(C)(C)CN)c2)cs1.Cl.Cl. The Hall–Kier alpha value is -1.08. The summed E-state index contributed by atoms with van der Waals surface area (Å²) in [6.07, 6.45) is 1.82. The minimum atomic E-state index is -0.0914. The molecule has 1 amide bonds. The van der Waals surface area contributed by atoms with Crippen LogP contribution in [0, 0.1) is 12.3 Å². The van der Waals surface area contributed by atoms with E-state index in [0.717, 1.165) is 16.3 Å². The van der Waals surface area contributed by atoms with E-state index in [0.29, 0.717) is 18.8 Å². The zero-order valence-corrected chi connectivity index (χ0v) is 16.2. The molecule has 0 unspecified atom stereocenters. The summed E-state index contributed by atoms with van der Waals surface area (Å²) in [5, 5.41) is 3.01. The van der Waals surface area contributed by atoms with Crippen LogP contribution in [0.2, 0.25) is 0 Å². The van der Waals surface area contributed by atoms with Crippen molar-refractivity contribution >= 4 is 42.1 Å². The molecule has 2 rings (SSSR count). The van der Waals surface area contributed by atoms with Crippen LogP contribution in [0.3, 0.4) is 0 Å². The number of aromatic nitrogens is 2. The van der Waals surface area contributed by atoms with Crippen molar-refractivity contribution in [3.8, 4) is 11.3 Å². The Morgan fingerprint density at radius 1 is 1.43 bits per heavy atom. The normalized spacial score (nSPS) is 10.7. The largest absolute Gasteiger partial charge is 0.357 e. The number of hydrogen-bond acceptors (Lipinski definition) is 4. The van der Waals surface area contributed by atoms with Gasteiger partial charge in [-0.25, -0.2) is 4.98 Å². The highest BCUT2D eigenvalue weighted by molar-refractivity contribution is 7.09. The number of carbonyl (C=O) groups excluding carboxylic acids is 1. The molecule has 0 aromatic carbocycles. The van der Waals surface area contributed by atoms with Crippen LogP contribution in [0.15, 0.2) is 17.6 Å². The van der Waals surface area contributed by atoms with Gasteiger partial charge in [-0.3, -0.25) is 4.79 Å². The molecule has 2 aromatic rings. The summed E-state index contributed by atoms with van der Waals surface area (Å²) in [7, 11) is 1.80. The van der Waals surface area contributed by atoms with Gasteiger partial charge in [0, 0.05) is 30.7 Å². The average Bonchev–Trinajstić information content (AvgIpc) is 3.05. The van der Waals surface area contributed by atoms with Gasteiger partial charge >= 0.3 is 0 Å². The van der Waals surface area contributed by atoms with Crippen molar-refractivity contribution in [1.29, 1.82) is 0 Å². The van der Waals surface area contributed by atoms with Gasteiger partial charge in [0.05, 0.1) is 10.7 Å². The van der Waals surface area contributed by atoms with Gasteiger partial charge in [0.15, 0.2) is 0 Å². The van der Waals surface area contributed by atoms with Crippen molar-refractivity contribution in [2.24, 2.45) is 11.1 Å². The molecule has 0 fully saturated rings. The lowest BCUT2D eigenvalue weighted by Crippen LogP contribution is -2.39. The molecule has 0 aliphatic heterocycles. The quantitative estimate of drug-likeness (QED) is 0.837. The van der Waals surface area contributed by atoms with Crippen LogP contribution in [0.5, 0.6) is 0 Å². The molecule has 0 saturated heterocycles. The van der Waals surface area contributed by atoms with Crippen LogP contribution in [0.25, 0.3) is 11.3 Å². The Morgan fingerprint density at radius 3 is 2.61 bits per heavy atom. The first-order chi connectivity index (χ1) is 9.82. The maximum atomic E-state index is 12.4. The summed E-state index contributed by atoms with van der Waals surface area (Å²) in [5.74, 6) is -0.0327. The van der Waals surface area contributed by atoms with Crippen LogP contribution in [-0.4, -0.2) is 40.9 Å². The number of nitrogens with zero attached hydrogens (tertiary/aromatic N) is 2.